The molecule has 0 radical (unpaired) electrons. The highest BCUT2D eigenvalue weighted by Crippen LogP contribution is 2.24. The number of nitrogens with zero attached hydrogens (tertiary/aromatic N) is 5. The quantitative estimate of drug-likeness (QED) is 0.497. The molecule has 162 valence electrons. The molecule has 8 nitrogen and oxygen atoms in total. The number of hydrogen-bond donors (Lipinski definition) is 0. The van der Waals surface area contributed by atoms with E-state index in [0.29, 0.717) is 23.8 Å². The van der Waals surface area contributed by atoms with E-state index in [2.05, 4.69) is 15.5 Å². The number of thioether (sulfide) groups is 1. The van der Waals surface area contributed by atoms with Gasteiger partial charge in [0.05, 0.1) is 22.9 Å². The van der Waals surface area contributed by atoms with Gasteiger partial charge in [0, 0.05) is 12.6 Å². The van der Waals surface area contributed by atoms with Crippen molar-refractivity contribution in [2.45, 2.75) is 24.2 Å². The summed E-state index contributed by atoms with van der Waals surface area (Å²) in [4.78, 5) is 14.7. The topological polar surface area (TPSA) is 98.1 Å². The lowest BCUT2D eigenvalue weighted by atomic mass is 10.1. The van der Waals surface area contributed by atoms with Crippen LogP contribution >= 0.6 is 11.8 Å². The molecule has 1 aliphatic rings. The van der Waals surface area contributed by atoms with E-state index in [1.54, 1.807) is 17.0 Å². The largest absolute Gasteiger partial charge is 0.334 e. The highest BCUT2D eigenvalue weighted by Gasteiger charge is 2.34. The highest BCUT2D eigenvalue weighted by molar-refractivity contribution is 7.99. The van der Waals surface area contributed by atoms with Crippen molar-refractivity contribution in [2.24, 2.45) is 0 Å². The molecule has 1 amide bonds. The number of rotatable bonds is 7. The van der Waals surface area contributed by atoms with Crippen molar-refractivity contribution in [3.63, 3.8) is 0 Å². The standard InChI is InChI=1S/C20H20FN5O3S2/c21-16-7-4-8-17(11-16)26-20(22-23-24-26)30-13-19(27)25(12-15-5-2-1-3-6-15)18-9-10-31(28,29)14-18/h1-8,11,18H,9-10,12-14H2. The van der Waals surface area contributed by atoms with Crippen LogP contribution < -0.4 is 0 Å². The summed E-state index contributed by atoms with van der Waals surface area (Å²) in [6.07, 6.45) is 0.423. The van der Waals surface area contributed by atoms with Crippen LogP contribution in [-0.4, -0.2) is 62.7 Å². The minimum atomic E-state index is -3.14. The van der Waals surface area contributed by atoms with Crippen LogP contribution in [0.25, 0.3) is 5.69 Å². The van der Waals surface area contributed by atoms with Crippen molar-refractivity contribution in [1.82, 2.24) is 25.1 Å². The summed E-state index contributed by atoms with van der Waals surface area (Å²) in [5, 5.41) is 11.8. The SMILES string of the molecule is O=C(CSc1nnnn1-c1cccc(F)c1)N(Cc1ccccc1)C1CCS(=O)(=O)C1. The number of aromatic nitrogens is 4. The van der Waals surface area contributed by atoms with Crippen LogP contribution in [0.1, 0.15) is 12.0 Å². The molecule has 0 saturated carbocycles. The maximum atomic E-state index is 13.6. The van der Waals surface area contributed by atoms with Crippen molar-refractivity contribution in [3.05, 3.63) is 66.0 Å². The Kier molecular flexibility index (Phi) is 6.33. The first-order valence-corrected chi connectivity index (χ1v) is 12.4. The molecular weight excluding hydrogens is 441 g/mol. The number of carbonyl (C=O) groups excluding carboxylic acids is 1. The predicted molar refractivity (Wildman–Crippen MR) is 114 cm³/mol. The molecule has 31 heavy (non-hydrogen) atoms. The Balaban J connectivity index is 1.50. The van der Waals surface area contributed by atoms with Crippen molar-refractivity contribution >= 4 is 27.5 Å². The number of carbonyl (C=O) groups is 1. The van der Waals surface area contributed by atoms with Gasteiger partial charge in [0.2, 0.25) is 11.1 Å². The van der Waals surface area contributed by atoms with Gasteiger partial charge < -0.3 is 4.90 Å². The summed E-state index contributed by atoms with van der Waals surface area (Å²) in [6.45, 7) is 0.329. The lowest BCUT2D eigenvalue weighted by Gasteiger charge is -2.28. The Morgan fingerprint density at radius 1 is 1.19 bits per heavy atom. The lowest BCUT2D eigenvalue weighted by Crippen LogP contribution is -2.41. The zero-order valence-electron chi connectivity index (χ0n) is 16.5. The summed E-state index contributed by atoms with van der Waals surface area (Å²) >= 11 is 1.12. The summed E-state index contributed by atoms with van der Waals surface area (Å²) in [5.74, 6) is -0.543. The van der Waals surface area contributed by atoms with E-state index in [-0.39, 0.29) is 29.2 Å². The van der Waals surface area contributed by atoms with Crippen LogP contribution in [0.15, 0.2) is 59.8 Å². The van der Waals surface area contributed by atoms with E-state index in [1.165, 1.54) is 16.8 Å². The molecule has 1 unspecified atom stereocenters. The van der Waals surface area contributed by atoms with E-state index < -0.39 is 15.7 Å². The van der Waals surface area contributed by atoms with Crippen LogP contribution in [-0.2, 0) is 21.2 Å². The number of halogens is 1. The van der Waals surface area contributed by atoms with Gasteiger partial charge in [-0.15, -0.1) is 5.10 Å². The maximum Gasteiger partial charge on any atom is 0.233 e. The van der Waals surface area contributed by atoms with Gasteiger partial charge in [-0.2, -0.15) is 4.68 Å². The highest BCUT2D eigenvalue weighted by atomic mass is 32.2. The Labute approximate surface area is 183 Å². The van der Waals surface area contributed by atoms with Gasteiger partial charge in [0.15, 0.2) is 9.84 Å². The summed E-state index contributed by atoms with van der Waals surface area (Å²) in [6, 6.07) is 14.9. The molecule has 0 aliphatic carbocycles. The molecule has 0 bridgehead atoms. The first kappa shape index (κ1) is 21.4. The van der Waals surface area contributed by atoms with Gasteiger partial charge >= 0.3 is 0 Å². The minimum Gasteiger partial charge on any atom is -0.334 e. The molecule has 1 aliphatic heterocycles. The van der Waals surface area contributed by atoms with Gasteiger partial charge in [0.25, 0.3) is 0 Å². The van der Waals surface area contributed by atoms with E-state index in [1.807, 2.05) is 30.3 Å². The monoisotopic (exact) mass is 461 g/mol. The van der Waals surface area contributed by atoms with Crippen LogP contribution in [0.2, 0.25) is 0 Å². The van der Waals surface area contributed by atoms with Gasteiger partial charge in [-0.3, -0.25) is 4.79 Å². The number of amides is 1. The van der Waals surface area contributed by atoms with Gasteiger partial charge in [0.1, 0.15) is 5.82 Å². The van der Waals surface area contributed by atoms with Crippen molar-refractivity contribution in [3.8, 4) is 5.69 Å². The molecule has 1 atom stereocenters. The lowest BCUT2D eigenvalue weighted by molar-refractivity contribution is -0.130. The first-order chi connectivity index (χ1) is 14.9. The number of tetrazole rings is 1. The Morgan fingerprint density at radius 2 is 2.00 bits per heavy atom. The Hall–Kier alpha value is -2.79. The molecule has 2 aromatic carbocycles. The molecule has 4 rings (SSSR count). The van der Waals surface area contributed by atoms with Crippen LogP contribution in [0.5, 0.6) is 0 Å². The number of sulfone groups is 1. The second kappa shape index (κ2) is 9.15. The first-order valence-electron chi connectivity index (χ1n) is 9.62. The van der Waals surface area contributed by atoms with E-state index in [9.17, 15) is 17.6 Å². The summed E-state index contributed by atoms with van der Waals surface area (Å²) < 4.78 is 38.9. The normalized spacial score (nSPS) is 17.5. The Morgan fingerprint density at radius 3 is 2.71 bits per heavy atom. The molecule has 1 fully saturated rings. The molecule has 0 spiro atoms. The molecule has 11 heteroatoms. The predicted octanol–water partition coefficient (Wildman–Crippen LogP) is 2.11. The van der Waals surface area contributed by atoms with Crippen molar-refractivity contribution < 1.29 is 17.6 Å². The van der Waals surface area contributed by atoms with E-state index in [0.717, 1.165) is 17.3 Å². The molecular formula is C20H20FN5O3S2. The number of hydrogen-bond acceptors (Lipinski definition) is 7. The second-order valence-corrected chi connectivity index (χ2v) is 10.4. The molecule has 1 aromatic heterocycles. The third-order valence-electron chi connectivity index (χ3n) is 4.98. The zero-order chi connectivity index (χ0) is 21.8. The average Bonchev–Trinajstić information content (AvgIpc) is 3.37. The molecule has 3 aromatic rings. The molecule has 1 saturated heterocycles. The van der Waals surface area contributed by atoms with Crippen LogP contribution in [0.4, 0.5) is 4.39 Å². The van der Waals surface area contributed by atoms with Gasteiger partial charge in [-0.1, -0.05) is 48.2 Å². The fraction of sp³-hybridized carbons (Fsp3) is 0.300. The minimum absolute atomic E-state index is 0.0269. The summed E-state index contributed by atoms with van der Waals surface area (Å²) in [7, 11) is -3.14. The van der Waals surface area contributed by atoms with Crippen LogP contribution in [0, 0.1) is 5.82 Å². The van der Waals surface area contributed by atoms with Gasteiger partial charge in [-0.25, -0.2) is 12.8 Å². The van der Waals surface area contributed by atoms with Gasteiger partial charge in [-0.05, 0) is 40.6 Å². The van der Waals surface area contributed by atoms with Crippen LogP contribution in [0.3, 0.4) is 0 Å². The molecule has 0 N–H and O–H groups in total. The molecule has 2 heterocycles. The number of benzene rings is 2. The maximum absolute atomic E-state index is 13.6. The fourth-order valence-corrected chi connectivity index (χ4v) is 5.98. The van der Waals surface area contributed by atoms with Crippen molar-refractivity contribution in [1.29, 1.82) is 0 Å². The Bertz CT molecular complexity index is 1170. The van der Waals surface area contributed by atoms with E-state index >= 15 is 0 Å². The van der Waals surface area contributed by atoms with E-state index in [4.69, 9.17) is 0 Å². The zero-order valence-corrected chi connectivity index (χ0v) is 18.1. The summed E-state index contributed by atoms with van der Waals surface area (Å²) in [5.41, 5.74) is 1.37. The average molecular weight is 462 g/mol. The smallest absolute Gasteiger partial charge is 0.233 e. The van der Waals surface area contributed by atoms with Crippen molar-refractivity contribution in [2.75, 3.05) is 17.3 Å². The third-order valence-corrected chi connectivity index (χ3v) is 7.64. The second-order valence-electron chi connectivity index (χ2n) is 7.21. The third kappa shape index (κ3) is 5.28. The fourth-order valence-electron chi connectivity index (χ4n) is 3.47.